The number of nitriles is 1. The van der Waals surface area contributed by atoms with Crippen LogP contribution in [-0.4, -0.2) is 15.4 Å². The molecule has 7 heteroatoms. The van der Waals surface area contributed by atoms with E-state index in [1.165, 1.54) is 12.1 Å². The van der Waals surface area contributed by atoms with Crippen LogP contribution < -0.4 is 5.32 Å². The first-order valence-electron chi connectivity index (χ1n) is 10.3. The number of rotatable bonds is 6. The number of nitro benzene ring substituents is 1. The van der Waals surface area contributed by atoms with Gasteiger partial charge in [0.2, 0.25) is 0 Å². The molecule has 0 atom stereocenters. The van der Waals surface area contributed by atoms with Crippen LogP contribution in [0.1, 0.15) is 16.7 Å². The number of hydrogen-bond donors (Lipinski definition) is 1. The van der Waals surface area contributed by atoms with Crippen LogP contribution in [0.15, 0.2) is 84.6 Å². The lowest BCUT2D eigenvalue weighted by molar-refractivity contribution is -0.384. The highest BCUT2D eigenvalue weighted by Crippen LogP contribution is 2.26. The van der Waals surface area contributed by atoms with Crippen molar-refractivity contribution >= 4 is 34.3 Å². The van der Waals surface area contributed by atoms with Crippen LogP contribution in [0.2, 0.25) is 0 Å². The van der Waals surface area contributed by atoms with Gasteiger partial charge in [-0.25, -0.2) is 0 Å². The molecule has 1 amide bonds. The molecule has 33 heavy (non-hydrogen) atoms. The maximum Gasteiger partial charge on any atom is 0.271 e. The molecule has 0 radical (unpaired) electrons. The van der Waals surface area contributed by atoms with Gasteiger partial charge in [0.05, 0.1) is 10.6 Å². The van der Waals surface area contributed by atoms with Crippen LogP contribution in [0.3, 0.4) is 0 Å². The molecule has 1 aromatic heterocycles. The molecule has 0 saturated heterocycles. The van der Waals surface area contributed by atoms with Crippen LogP contribution in [0.25, 0.3) is 17.0 Å². The van der Waals surface area contributed by atoms with E-state index in [0.29, 0.717) is 17.8 Å². The molecular formula is C26H20N4O3. The Hall–Kier alpha value is -4.70. The van der Waals surface area contributed by atoms with Gasteiger partial charge in [-0.3, -0.25) is 14.9 Å². The summed E-state index contributed by atoms with van der Waals surface area (Å²) in [6, 6.07) is 24.0. The average molecular weight is 436 g/mol. The first kappa shape index (κ1) is 21.5. The van der Waals surface area contributed by atoms with Gasteiger partial charge in [-0.05, 0) is 30.2 Å². The number of non-ortho nitro benzene ring substituents is 1. The van der Waals surface area contributed by atoms with Gasteiger partial charge in [0, 0.05) is 41.3 Å². The SMILES string of the molecule is Cc1ccc([N+](=O)[O-])cc1NC(=O)/C(C#N)=C/c1cn(Cc2ccccc2)c2ccccc12. The molecule has 1 N–H and O–H groups in total. The van der Waals surface area contributed by atoms with E-state index in [9.17, 15) is 20.2 Å². The third-order valence-electron chi connectivity index (χ3n) is 5.36. The molecule has 0 fully saturated rings. The summed E-state index contributed by atoms with van der Waals surface area (Å²) in [5.74, 6) is -0.624. The van der Waals surface area contributed by atoms with Gasteiger partial charge in [-0.15, -0.1) is 0 Å². The fourth-order valence-corrected chi connectivity index (χ4v) is 3.65. The maximum absolute atomic E-state index is 12.8. The second-order valence-corrected chi connectivity index (χ2v) is 7.60. The number of aromatic nitrogens is 1. The molecule has 0 bridgehead atoms. The smallest absolute Gasteiger partial charge is 0.271 e. The van der Waals surface area contributed by atoms with Crippen LogP contribution >= 0.6 is 0 Å². The Kier molecular flexibility index (Phi) is 6.00. The summed E-state index contributed by atoms with van der Waals surface area (Å²) in [4.78, 5) is 23.4. The van der Waals surface area contributed by atoms with Crippen molar-refractivity contribution in [3.63, 3.8) is 0 Å². The van der Waals surface area contributed by atoms with Crippen molar-refractivity contribution < 1.29 is 9.72 Å². The minimum atomic E-state index is -0.624. The molecule has 0 spiro atoms. The first-order valence-corrected chi connectivity index (χ1v) is 10.3. The van der Waals surface area contributed by atoms with Gasteiger partial charge in [0.25, 0.3) is 11.6 Å². The van der Waals surface area contributed by atoms with Gasteiger partial charge in [0.1, 0.15) is 11.6 Å². The molecule has 162 valence electrons. The van der Waals surface area contributed by atoms with Crippen LogP contribution in [0.5, 0.6) is 0 Å². The van der Waals surface area contributed by atoms with Crippen LogP contribution in [0.4, 0.5) is 11.4 Å². The number of hydrogen-bond acceptors (Lipinski definition) is 4. The molecule has 4 aromatic rings. The summed E-state index contributed by atoms with van der Waals surface area (Å²) in [6.45, 7) is 2.38. The molecule has 3 aromatic carbocycles. The van der Waals surface area contributed by atoms with Crippen LogP contribution in [0, 0.1) is 28.4 Å². The minimum Gasteiger partial charge on any atom is -0.342 e. The largest absolute Gasteiger partial charge is 0.342 e. The lowest BCUT2D eigenvalue weighted by Crippen LogP contribution is -2.14. The number of carbonyl (C=O) groups is 1. The monoisotopic (exact) mass is 436 g/mol. The Morgan fingerprint density at radius 2 is 1.85 bits per heavy atom. The molecule has 7 nitrogen and oxygen atoms in total. The van der Waals surface area contributed by atoms with E-state index in [1.807, 2.05) is 66.9 Å². The van der Waals surface area contributed by atoms with Crippen molar-refractivity contribution in [2.24, 2.45) is 0 Å². The minimum absolute atomic E-state index is 0.0940. The predicted molar refractivity (Wildman–Crippen MR) is 128 cm³/mol. The Morgan fingerprint density at radius 1 is 1.12 bits per heavy atom. The average Bonchev–Trinajstić information content (AvgIpc) is 3.16. The summed E-state index contributed by atoms with van der Waals surface area (Å²) >= 11 is 0. The molecule has 0 saturated carbocycles. The summed E-state index contributed by atoms with van der Waals surface area (Å²) < 4.78 is 2.08. The van der Waals surface area contributed by atoms with Gasteiger partial charge >= 0.3 is 0 Å². The number of amides is 1. The van der Waals surface area contributed by atoms with Crippen molar-refractivity contribution in [2.75, 3.05) is 5.32 Å². The van der Waals surface area contributed by atoms with Gasteiger partial charge in [-0.2, -0.15) is 5.26 Å². The van der Waals surface area contributed by atoms with E-state index in [4.69, 9.17) is 0 Å². The van der Waals surface area contributed by atoms with E-state index in [-0.39, 0.29) is 11.3 Å². The molecular weight excluding hydrogens is 416 g/mol. The number of nitrogens with zero attached hydrogens (tertiary/aromatic N) is 3. The lowest BCUT2D eigenvalue weighted by Gasteiger charge is -2.07. The standard InChI is InChI=1S/C26H20N4O3/c1-18-11-12-22(30(32)33)14-24(18)28-26(31)20(15-27)13-21-17-29(16-19-7-3-2-4-8-19)25-10-6-5-9-23(21)25/h2-14,17H,16H2,1H3,(H,28,31)/b20-13+. The van der Waals surface area contributed by atoms with Crippen molar-refractivity contribution in [3.8, 4) is 6.07 Å². The number of nitro groups is 1. The zero-order chi connectivity index (χ0) is 23.4. The van der Waals surface area contributed by atoms with E-state index in [1.54, 1.807) is 19.1 Å². The quantitative estimate of drug-likeness (QED) is 0.188. The summed E-state index contributed by atoms with van der Waals surface area (Å²) in [7, 11) is 0. The number of aryl methyl sites for hydroxylation is 1. The summed E-state index contributed by atoms with van der Waals surface area (Å²) in [5.41, 5.74) is 3.58. The highest BCUT2D eigenvalue weighted by Gasteiger charge is 2.16. The number of fused-ring (bicyclic) bond motifs is 1. The predicted octanol–water partition coefficient (Wildman–Crippen LogP) is 5.45. The molecule has 0 unspecified atom stereocenters. The van der Waals surface area contributed by atoms with Crippen molar-refractivity contribution in [2.45, 2.75) is 13.5 Å². The normalized spacial score (nSPS) is 11.2. The Balaban J connectivity index is 1.68. The fourth-order valence-electron chi connectivity index (χ4n) is 3.65. The van der Waals surface area contributed by atoms with Crippen molar-refractivity contribution in [1.29, 1.82) is 5.26 Å². The second-order valence-electron chi connectivity index (χ2n) is 7.60. The van der Waals surface area contributed by atoms with Crippen molar-refractivity contribution in [3.05, 3.63) is 111 Å². The van der Waals surface area contributed by atoms with Gasteiger partial charge in [-0.1, -0.05) is 54.6 Å². The zero-order valence-electron chi connectivity index (χ0n) is 17.9. The molecule has 0 aliphatic heterocycles. The van der Waals surface area contributed by atoms with E-state index in [0.717, 1.165) is 22.0 Å². The highest BCUT2D eigenvalue weighted by atomic mass is 16.6. The number of nitrogens with one attached hydrogen (secondary N) is 1. The Bertz CT molecular complexity index is 1430. The van der Waals surface area contributed by atoms with E-state index >= 15 is 0 Å². The van der Waals surface area contributed by atoms with E-state index in [2.05, 4.69) is 9.88 Å². The summed E-state index contributed by atoms with van der Waals surface area (Å²) in [6.07, 6.45) is 3.47. The number of para-hydroxylation sites is 1. The van der Waals surface area contributed by atoms with Crippen LogP contribution in [-0.2, 0) is 11.3 Å². The Labute approximate surface area is 190 Å². The third kappa shape index (κ3) is 4.65. The number of anilines is 1. The first-order chi connectivity index (χ1) is 16.0. The fraction of sp³-hybridized carbons (Fsp3) is 0.0769. The highest BCUT2D eigenvalue weighted by molar-refractivity contribution is 6.11. The maximum atomic E-state index is 12.8. The molecule has 0 aliphatic rings. The lowest BCUT2D eigenvalue weighted by atomic mass is 10.1. The van der Waals surface area contributed by atoms with Crippen molar-refractivity contribution in [1.82, 2.24) is 4.57 Å². The van der Waals surface area contributed by atoms with Gasteiger partial charge in [0.15, 0.2) is 0 Å². The zero-order valence-corrected chi connectivity index (χ0v) is 17.9. The molecule has 4 rings (SSSR count). The van der Waals surface area contributed by atoms with E-state index < -0.39 is 10.8 Å². The second kappa shape index (κ2) is 9.20. The van der Waals surface area contributed by atoms with Gasteiger partial charge < -0.3 is 9.88 Å². The molecule has 1 heterocycles. The number of carbonyl (C=O) groups excluding carboxylic acids is 1. The number of benzene rings is 3. The Morgan fingerprint density at radius 3 is 2.58 bits per heavy atom. The molecule has 0 aliphatic carbocycles. The summed E-state index contributed by atoms with van der Waals surface area (Å²) in [5, 5.41) is 24.3. The third-order valence-corrected chi connectivity index (χ3v) is 5.36. The topological polar surface area (TPSA) is 101 Å².